The Morgan fingerprint density at radius 3 is 2.33 bits per heavy atom. The second-order valence-electron chi connectivity index (χ2n) is 4.15. The molecule has 0 bridgehead atoms. The zero-order valence-electron chi connectivity index (χ0n) is 10.9. The smallest absolute Gasteiger partial charge is 0.0593 e. The van der Waals surface area contributed by atoms with Crippen LogP contribution in [0.5, 0.6) is 0 Å². The van der Waals surface area contributed by atoms with Gasteiger partial charge < -0.3 is 10.5 Å². The number of hydrogen-bond acceptors (Lipinski definition) is 3. The minimum absolute atomic E-state index is 0.172. The molecule has 0 aromatic carbocycles. The molecule has 3 heteroatoms. The summed E-state index contributed by atoms with van der Waals surface area (Å²) in [6.07, 6.45) is 3.46. The van der Waals surface area contributed by atoms with Crippen molar-refractivity contribution in [2.45, 2.75) is 45.6 Å². The van der Waals surface area contributed by atoms with E-state index in [0.29, 0.717) is 0 Å². The summed E-state index contributed by atoms with van der Waals surface area (Å²) in [5.41, 5.74) is 6.10. The van der Waals surface area contributed by atoms with Crippen LogP contribution in [0.1, 0.15) is 40.0 Å². The maximum absolute atomic E-state index is 5.93. The molecule has 0 rings (SSSR count). The van der Waals surface area contributed by atoms with Gasteiger partial charge in [-0.05, 0) is 26.8 Å². The molecule has 15 heavy (non-hydrogen) atoms. The lowest BCUT2D eigenvalue weighted by Gasteiger charge is -2.40. The Balaban J connectivity index is 4.19. The van der Waals surface area contributed by atoms with Crippen LogP contribution in [-0.4, -0.2) is 43.8 Å². The first-order valence-corrected chi connectivity index (χ1v) is 6.15. The highest BCUT2D eigenvalue weighted by atomic mass is 16.5. The summed E-state index contributed by atoms with van der Waals surface area (Å²) < 4.78 is 5.38. The van der Waals surface area contributed by atoms with Gasteiger partial charge >= 0.3 is 0 Å². The molecule has 0 fully saturated rings. The molecule has 0 aromatic heterocycles. The first-order valence-electron chi connectivity index (χ1n) is 6.15. The van der Waals surface area contributed by atoms with Crippen molar-refractivity contribution < 1.29 is 4.74 Å². The normalized spacial score (nSPS) is 15.6. The fourth-order valence-corrected chi connectivity index (χ4v) is 2.09. The molecule has 0 saturated heterocycles. The third kappa shape index (κ3) is 4.49. The average Bonchev–Trinajstić information content (AvgIpc) is 2.26. The Labute approximate surface area is 95.0 Å². The molecule has 0 saturated carbocycles. The van der Waals surface area contributed by atoms with E-state index in [2.05, 4.69) is 25.8 Å². The van der Waals surface area contributed by atoms with E-state index in [1.165, 1.54) is 12.8 Å². The number of likely N-dealkylation sites (N-methyl/N-ethyl adjacent to an activating group) is 1. The molecule has 0 radical (unpaired) electrons. The standard InChI is InChI=1S/C12H28N2O/c1-5-8-12(6-2,11-13)14(4)9-10-15-7-3/h5-11,13H2,1-4H3. The van der Waals surface area contributed by atoms with E-state index in [9.17, 15) is 0 Å². The molecule has 1 unspecified atom stereocenters. The van der Waals surface area contributed by atoms with Gasteiger partial charge in [-0.2, -0.15) is 0 Å². The van der Waals surface area contributed by atoms with Crippen LogP contribution in [0.4, 0.5) is 0 Å². The van der Waals surface area contributed by atoms with Gasteiger partial charge in [0.25, 0.3) is 0 Å². The minimum Gasteiger partial charge on any atom is -0.380 e. The van der Waals surface area contributed by atoms with Crippen LogP contribution in [0.3, 0.4) is 0 Å². The third-order valence-electron chi connectivity index (χ3n) is 3.34. The van der Waals surface area contributed by atoms with Gasteiger partial charge in [0.05, 0.1) is 6.61 Å². The molecular formula is C12H28N2O. The summed E-state index contributed by atoms with van der Waals surface area (Å²) in [6.45, 7) is 9.78. The van der Waals surface area contributed by atoms with E-state index in [-0.39, 0.29) is 5.54 Å². The van der Waals surface area contributed by atoms with Crippen LogP contribution in [-0.2, 0) is 4.74 Å². The molecule has 92 valence electrons. The van der Waals surface area contributed by atoms with E-state index in [1.807, 2.05) is 6.92 Å². The van der Waals surface area contributed by atoms with Crippen molar-refractivity contribution in [1.29, 1.82) is 0 Å². The number of hydrogen-bond donors (Lipinski definition) is 1. The highest BCUT2D eigenvalue weighted by Crippen LogP contribution is 2.22. The average molecular weight is 216 g/mol. The van der Waals surface area contributed by atoms with Crippen LogP contribution in [0.2, 0.25) is 0 Å². The zero-order chi connectivity index (χ0) is 11.7. The van der Waals surface area contributed by atoms with Crippen LogP contribution in [0, 0.1) is 0 Å². The van der Waals surface area contributed by atoms with Crippen molar-refractivity contribution in [3.63, 3.8) is 0 Å². The van der Waals surface area contributed by atoms with Gasteiger partial charge in [-0.1, -0.05) is 20.3 Å². The molecule has 1 atom stereocenters. The highest BCUT2D eigenvalue weighted by Gasteiger charge is 2.29. The van der Waals surface area contributed by atoms with Crippen LogP contribution in [0.15, 0.2) is 0 Å². The second kappa shape index (κ2) is 8.08. The zero-order valence-corrected chi connectivity index (χ0v) is 10.9. The van der Waals surface area contributed by atoms with Crippen molar-refractivity contribution in [2.75, 3.05) is 33.4 Å². The lowest BCUT2D eigenvalue weighted by Crippen LogP contribution is -2.52. The van der Waals surface area contributed by atoms with E-state index < -0.39 is 0 Å². The first kappa shape index (κ1) is 14.9. The Bertz CT molecular complexity index is 147. The van der Waals surface area contributed by atoms with Crippen molar-refractivity contribution in [3.8, 4) is 0 Å². The quantitative estimate of drug-likeness (QED) is 0.598. The molecule has 0 aliphatic rings. The molecule has 0 amide bonds. The van der Waals surface area contributed by atoms with Gasteiger partial charge in [0.1, 0.15) is 0 Å². The molecule has 0 aliphatic carbocycles. The number of nitrogens with zero attached hydrogens (tertiary/aromatic N) is 1. The summed E-state index contributed by atoms with van der Waals surface area (Å²) in [5.74, 6) is 0. The predicted octanol–water partition coefficient (Wildman–Crippen LogP) is 1.86. The van der Waals surface area contributed by atoms with Crippen LogP contribution in [0.25, 0.3) is 0 Å². The Morgan fingerprint density at radius 2 is 1.93 bits per heavy atom. The van der Waals surface area contributed by atoms with Crippen molar-refractivity contribution in [2.24, 2.45) is 5.73 Å². The summed E-state index contributed by atoms with van der Waals surface area (Å²) >= 11 is 0. The second-order valence-corrected chi connectivity index (χ2v) is 4.15. The topological polar surface area (TPSA) is 38.5 Å². The van der Waals surface area contributed by atoms with Gasteiger partial charge in [-0.3, -0.25) is 4.90 Å². The number of rotatable bonds is 9. The SMILES string of the molecule is CCCC(CC)(CN)N(C)CCOCC. The van der Waals surface area contributed by atoms with Gasteiger partial charge in [-0.15, -0.1) is 0 Å². The van der Waals surface area contributed by atoms with E-state index >= 15 is 0 Å². The van der Waals surface area contributed by atoms with Crippen LogP contribution >= 0.6 is 0 Å². The summed E-state index contributed by atoms with van der Waals surface area (Å²) in [6, 6.07) is 0. The summed E-state index contributed by atoms with van der Waals surface area (Å²) in [7, 11) is 2.16. The molecule has 0 spiro atoms. The highest BCUT2D eigenvalue weighted by molar-refractivity contribution is 4.88. The minimum atomic E-state index is 0.172. The predicted molar refractivity (Wildman–Crippen MR) is 66.1 cm³/mol. The summed E-state index contributed by atoms with van der Waals surface area (Å²) in [4.78, 5) is 2.37. The van der Waals surface area contributed by atoms with Crippen LogP contribution < -0.4 is 5.73 Å². The Hall–Kier alpha value is -0.120. The van der Waals surface area contributed by atoms with Crippen molar-refractivity contribution in [1.82, 2.24) is 4.90 Å². The van der Waals surface area contributed by atoms with Gasteiger partial charge in [0.2, 0.25) is 0 Å². The Morgan fingerprint density at radius 1 is 1.27 bits per heavy atom. The molecule has 0 aromatic rings. The maximum atomic E-state index is 5.93. The van der Waals surface area contributed by atoms with Crippen molar-refractivity contribution >= 4 is 0 Å². The molecule has 0 heterocycles. The lowest BCUT2D eigenvalue weighted by atomic mass is 9.89. The largest absolute Gasteiger partial charge is 0.380 e. The number of ether oxygens (including phenoxy) is 1. The molecule has 2 N–H and O–H groups in total. The number of nitrogens with two attached hydrogens (primary N) is 1. The van der Waals surface area contributed by atoms with Gasteiger partial charge in [-0.25, -0.2) is 0 Å². The molecule has 3 nitrogen and oxygen atoms in total. The third-order valence-corrected chi connectivity index (χ3v) is 3.34. The molecule has 0 aliphatic heterocycles. The van der Waals surface area contributed by atoms with E-state index in [1.54, 1.807) is 0 Å². The van der Waals surface area contributed by atoms with Gasteiger partial charge in [0.15, 0.2) is 0 Å². The monoisotopic (exact) mass is 216 g/mol. The molecular weight excluding hydrogens is 188 g/mol. The van der Waals surface area contributed by atoms with Crippen molar-refractivity contribution in [3.05, 3.63) is 0 Å². The first-order chi connectivity index (χ1) is 7.16. The maximum Gasteiger partial charge on any atom is 0.0593 e. The Kier molecular flexibility index (Phi) is 8.02. The fraction of sp³-hybridized carbons (Fsp3) is 1.00. The van der Waals surface area contributed by atoms with E-state index in [0.717, 1.165) is 32.7 Å². The van der Waals surface area contributed by atoms with E-state index in [4.69, 9.17) is 10.5 Å². The fourth-order valence-electron chi connectivity index (χ4n) is 2.09. The summed E-state index contributed by atoms with van der Waals surface area (Å²) in [5, 5.41) is 0. The van der Waals surface area contributed by atoms with Gasteiger partial charge in [0, 0.05) is 25.2 Å². The lowest BCUT2D eigenvalue weighted by molar-refractivity contribution is 0.0596.